The van der Waals surface area contributed by atoms with E-state index in [9.17, 15) is 0 Å². The van der Waals surface area contributed by atoms with Gasteiger partial charge in [-0.3, -0.25) is 4.68 Å². The molecule has 2 heteroatoms. The number of hydrogen-bond acceptors (Lipinski definition) is 1. The van der Waals surface area contributed by atoms with E-state index in [4.69, 9.17) is 0 Å². The SMILES string of the molecule is CCC(C)(C)n1ncc2c1CCCCCC2. The lowest BCUT2D eigenvalue weighted by molar-refractivity contribution is 0.296. The van der Waals surface area contributed by atoms with Gasteiger partial charge in [0, 0.05) is 5.69 Å². The molecule has 1 aromatic heterocycles. The van der Waals surface area contributed by atoms with Gasteiger partial charge >= 0.3 is 0 Å². The summed E-state index contributed by atoms with van der Waals surface area (Å²) in [5.74, 6) is 0. The van der Waals surface area contributed by atoms with Crippen molar-refractivity contribution in [3.05, 3.63) is 17.5 Å². The molecule has 2 nitrogen and oxygen atoms in total. The fourth-order valence-corrected chi connectivity index (χ4v) is 2.52. The molecule has 1 heterocycles. The van der Waals surface area contributed by atoms with E-state index in [0.29, 0.717) is 0 Å². The lowest BCUT2D eigenvalue weighted by Gasteiger charge is -2.27. The van der Waals surface area contributed by atoms with Gasteiger partial charge in [0.15, 0.2) is 0 Å². The maximum absolute atomic E-state index is 4.64. The Bertz CT molecular complexity index is 350. The molecule has 0 unspecified atom stereocenters. The van der Waals surface area contributed by atoms with Crippen molar-refractivity contribution in [3.8, 4) is 0 Å². The summed E-state index contributed by atoms with van der Waals surface area (Å²) in [6, 6.07) is 0. The summed E-state index contributed by atoms with van der Waals surface area (Å²) < 4.78 is 2.29. The van der Waals surface area contributed by atoms with Gasteiger partial charge in [0.25, 0.3) is 0 Å². The summed E-state index contributed by atoms with van der Waals surface area (Å²) in [6.07, 6.45) is 11.1. The number of hydrogen-bond donors (Lipinski definition) is 0. The Morgan fingerprint density at radius 1 is 1.19 bits per heavy atom. The average Bonchev–Trinajstić information content (AvgIpc) is 2.61. The molecule has 0 saturated heterocycles. The Balaban J connectivity index is 2.33. The average molecular weight is 220 g/mol. The highest BCUT2D eigenvalue weighted by Gasteiger charge is 2.23. The topological polar surface area (TPSA) is 17.8 Å². The summed E-state index contributed by atoms with van der Waals surface area (Å²) in [5, 5.41) is 4.64. The van der Waals surface area contributed by atoms with Crippen LogP contribution in [0, 0.1) is 0 Å². The second-order valence-electron chi connectivity index (χ2n) is 5.61. The maximum atomic E-state index is 4.64. The first-order chi connectivity index (χ1) is 7.65. The zero-order valence-electron chi connectivity index (χ0n) is 10.9. The summed E-state index contributed by atoms with van der Waals surface area (Å²) in [7, 11) is 0. The van der Waals surface area contributed by atoms with Crippen LogP contribution in [0.3, 0.4) is 0 Å². The van der Waals surface area contributed by atoms with Gasteiger partial charge in [-0.05, 0) is 51.5 Å². The number of fused-ring (bicyclic) bond motifs is 1. The first kappa shape index (κ1) is 11.7. The van der Waals surface area contributed by atoms with Gasteiger partial charge in [0.2, 0.25) is 0 Å². The fraction of sp³-hybridized carbons (Fsp3) is 0.786. The summed E-state index contributed by atoms with van der Waals surface area (Å²) in [6.45, 7) is 6.83. The molecule has 0 N–H and O–H groups in total. The second kappa shape index (κ2) is 4.60. The largest absolute Gasteiger partial charge is 0.264 e. The van der Waals surface area contributed by atoms with Gasteiger partial charge in [-0.15, -0.1) is 0 Å². The van der Waals surface area contributed by atoms with Crippen LogP contribution in [0.25, 0.3) is 0 Å². The Hall–Kier alpha value is -0.790. The summed E-state index contributed by atoms with van der Waals surface area (Å²) in [5.41, 5.74) is 3.18. The van der Waals surface area contributed by atoms with Crippen LogP contribution in [0.2, 0.25) is 0 Å². The van der Waals surface area contributed by atoms with Crippen molar-refractivity contribution in [1.82, 2.24) is 9.78 Å². The van der Waals surface area contributed by atoms with Crippen molar-refractivity contribution in [3.63, 3.8) is 0 Å². The van der Waals surface area contributed by atoms with Crippen molar-refractivity contribution in [1.29, 1.82) is 0 Å². The number of aromatic nitrogens is 2. The maximum Gasteiger partial charge on any atom is 0.0572 e. The predicted molar refractivity (Wildman–Crippen MR) is 67.7 cm³/mol. The van der Waals surface area contributed by atoms with E-state index in [2.05, 4.69) is 36.7 Å². The monoisotopic (exact) mass is 220 g/mol. The van der Waals surface area contributed by atoms with Gasteiger partial charge in [-0.2, -0.15) is 5.10 Å². The Morgan fingerprint density at radius 2 is 1.88 bits per heavy atom. The minimum atomic E-state index is 0.173. The van der Waals surface area contributed by atoms with Crippen LogP contribution in [0.15, 0.2) is 6.20 Å². The third kappa shape index (κ3) is 2.16. The molecule has 1 aromatic rings. The Kier molecular flexibility index (Phi) is 3.36. The molecule has 0 bridgehead atoms. The first-order valence-electron chi connectivity index (χ1n) is 6.71. The number of aryl methyl sites for hydroxylation is 1. The van der Waals surface area contributed by atoms with E-state index in [0.717, 1.165) is 6.42 Å². The molecule has 90 valence electrons. The molecule has 0 fully saturated rings. The smallest absolute Gasteiger partial charge is 0.0572 e. The van der Waals surface area contributed by atoms with Gasteiger partial charge < -0.3 is 0 Å². The van der Waals surface area contributed by atoms with Crippen molar-refractivity contribution >= 4 is 0 Å². The molecular weight excluding hydrogens is 196 g/mol. The normalized spacial score (nSPS) is 17.7. The van der Waals surface area contributed by atoms with Crippen LogP contribution >= 0.6 is 0 Å². The molecule has 0 atom stereocenters. The van der Waals surface area contributed by atoms with Gasteiger partial charge in [-0.1, -0.05) is 19.8 Å². The highest BCUT2D eigenvalue weighted by atomic mass is 15.3. The summed E-state index contributed by atoms with van der Waals surface area (Å²) in [4.78, 5) is 0. The minimum Gasteiger partial charge on any atom is -0.264 e. The molecule has 0 amide bonds. The van der Waals surface area contributed by atoms with Crippen LogP contribution in [0.5, 0.6) is 0 Å². The van der Waals surface area contributed by atoms with E-state index < -0.39 is 0 Å². The van der Waals surface area contributed by atoms with Crippen LogP contribution < -0.4 is 0 Å². The fourth-order valence-electron chi connectivity index (χ4n) is 2.52. The lowest BCUT2D eigenvalue weighted by atomic mass is 9.96. The second-order valence-corrected chi connectivity index (χ2v) is 5.61. The molecule has 16 heavy (non-hydrogen) atoms. The van der Waals surface area contributed by atoms with Crippen LogP contribution in [0.4, 0.5) is 0 Å². The number of nitrogens with zero attached hydrogens (tertiary/aromatic N) is 2. The van der Waals surface area contributed by atoms with Crippen molar-refractivity contribution in [2.75, 3.05) is 0 Å². The van der Waals surface area contributed by atoms with Gasteiger partial charge in [0.05, 0.1) is 11.7 Å². The van der Waals surface area contributed by atoms with Crippen LogP contribution in [-0.4, -0.2) is 9.78 Å². The number of rotatable bonds is 2. The Morgan fingerprint density at radius 3 is 2.56 bits per heavy atom. The molecule has 2 rings (SSSR count). The predicted octanol–water partition coefficient (Wildman–Crippen LogP) is 3.69. The molecule has 0 aliphatic heterocycles. The quantitative estimate of drug-likeness (QED) is 0.743. The van der Waals surface area contributed by atoms with Crippen molar-refractivity contribution < 1.29 is 0 Å². The molecule has 0 saturated carbocycles. The van der Waals surface area contributed by atoms with E-state index in [1.54, 1.807) is 0 Å². The van der Waals surface area contributed by atoms with Crippen LogP contribution in [-0.2, 0) is 18.4 Å². The molecule has 1 aliphatic rings. The zero-order valence-corrected chi connectivity index (χ0v) is 10.9. The van der Waals surface area contributed by atoms with Gasteiger partial charge in [0.1, 0.15) is 0 Å². The molecule has 0 radical (unpaired) electrons. The van der Waals surface area contributed by atoms with Gasteiger partial charge in [-0.25, -0.2) is 0 Å². The first-order valence-corrected chi connectivity index (χ1v) is 6.71. The molecule has 0 aromatic carbocycles. The zero-order chi connectivity index (χ0) is 11.6. The van der Waals surface area contributed by atoms with E-state index in [1.807, 2.05) is 0 Å². The summed E-state index contributed by atoms with van der Waals surface area (Å²) >= 11 is 0. The van der Waals surface area contributed by atoms with Crippen molar-refractivity contribution in [2.24, 2.45) is 0 Å². The van der Waals surface area contributed by atoms with E-state index in [1.165, 1.54) is 49.8 Å². The third-order valence-corrected chi connectivity index (χ3v) is 4.00. The standard InChI is InChI=1S/C14H24N2/c1-4-14(2,3)16-13-10-8-6-5-7-9-12(13)11-15-16/h11H,4-10H2,1-3H3. The van der Waals surface area contributed by atoms with Crippen molar-refractivity contribution in [2.45, 2.75) is 71.3 Å². The Labute approximate surface area is 99.0 Å². The highest BCUT2D eigenvalue weighted by molar-refractivity contribution is 5.20. The third-order valence-electron chi connectivity index (χ3n) is 4.00. The lowest BCUT2D eigenvalue weighted by Crippen LogP contribution is -2.28. The van der Waals surface area contributed by atoms with E-state index >= 15 is 0 Å². The molecule has 1 aliphatic carbocycles. The highest BCUT2D eigenvalue weighted by Crippen LogP contribution is 2.26. The molecular formula is C14H24N2. The minimum absolute atomic E-state index is 0.173. The molecule has 0 spiro atoms. The van der Waals surface area contributed by atoms with Crippen LogP contribution in [0.1, 0.15) is 64.1 Å². The van der Waals surface area contributed by atoms with E-state index in [-0.39, 0.29) is 5.54 Å².